The predicted molar refractivity (Wildman–Crippen MR) is 202 cm³/mol. The van der Waals surface area contributed by atoms with Gasteiger partial charge in [-0.05, 0) is 103 Å². The lowest BCUT2D eigenvalue weighted by Gasteiger charge is -2.28. The second-order valence-corrected chi connectivity index (χ2v) is 12.4. The zero-order valence-electron chi connectivity index (χ0n) is 26.1. The number of hydrogen-bond acceptors (Lipinski definition) is 1. The summed E-state index contributed by atoms with van der Waals surface area (Å²) in [6.45, 7) is 0. The van der Waals surface area contributed by atoms with Gasteiger partial charge in [-0.15, -0.1) is 0 Å². The average Bonchev–Trinajstić information content (AvgIpc) is 3.15. The summed E-state index contributed by atoms with van der Waals surface area (Å²) < 4.78 is 0. The Balaban J connectivity index is 1.21. The molecule has 0 spiro atoms. The van der Waals surface area contributed by atoms with Crippen LogP contribution in [0.4, 0.5) is 17.1 Å². The van der Waals surface area contributed by atoms with Crippen molar-refractivity contribution in [3.8, 4) is 22.3 Å². The molecule has 0 unspecified atom stereocenters. The van der Waals surface area contributed by atoms with Crippen LogP contribution < -0.4 is 4.90 Å². The van der Waals surface area contributed by atoms with Gasteiger partial charge in [-0.2, -0.15) is 0 Å². The molecule has 9 rings (SSSR count). The van der Waals surface area contributed by atoms with Crippen LogP contribution in [0.25, 0.3) is 60.6 Å². The second kappa shape index (κ2) is 11.5. The molecule has 1 heteroatoms. The van der Waals surface area contributed by atoms with Crippen LogP contribution in [0.1, 0.15) is 17.5 Å². The normalized spacial score (nSPS) is 12.4. The fraction of sp³-hybridized carbons (Fsp3) is 0.0435. The molecule has 0 bridgehead atoms. The Labute approximate surface area is 275 Å². The number of anilines is 3. The highest BCUT2D eigenvalue weighted by atomic mass is 15.1. The summed E-state index contributed by atoms with van der Waals surface area (Å²) >= 11 is 0. The predicted octanol–water partition coefficient (Wildman–Crippen LogP) is 12.9. The number of nitrogens with zero attached hydrogens (tertiary/aromatic N) is 1. The Hall–Kier alpha value is -5.92. The number of hydrogen-bond donors (Lipinski definition) is 0. The van der Waals surface area contributed by atoms with Gasteiger partial charge in [-0.1, -0.05) is 146 Å². The molecule has 0 saturated heterocycles. The van der Waals surface area contributed by atoms with Gasteiger partial charge in [0.25, 0.3) is 0 Å². The SMILES string of the molecule is C1=Cc2cccc(-c3ccc(N(c4ccc(-c5cccc6ccccc56)cc4)c4cc5ccccc5c5ccccc45)cc3)c2CC1. The highest BCUT2D eigenvalue weighted by molar-refractivity contribution is 6.14. The molecule has 8 aromatic carbocycles. The van der Waals surface area contributed by atoms with E-state index in [1.165, 1.54) is 71.4 Å². The lowest BCUT2D eigenvalue weighted by molar-refractivity contribution is 0.988. The van der Waals surface area contributed by atoms with E-state index in [4.69, 9.17) is 0 Å². The van der Waals surface area contributed by atoms with Crippen LogP contribution in [-0.2, 0) is 6.42 Å². The smallest absolute Gasteiger partial charge is 0.0546 e. The quantitative estimate of drug-likeness (QED) is 0.178. The van der Waals surface area contributed by atoms with Crippen LogP contribution in [0.15, 0.2) is 170 Å². The second-order valence-electron chi connectivity index (χ2n) is 12.4. The molecule has 1 nitrogen and oxygen atoms in total. The molecule has 0 amide bonds. The maximum absolute atomic E-state index is 2.43. The third-order valence-corrected chi connectivity index (χ3v) is 9.72. The van der Waals surface area contributed by atoms with E-state index in [9.17, 15) is 0 Å². The zero-order valence-corrected chi connectivity index (χ0v) is 26.1. The topological polar surface area (TPSA) is 3.24 Å². The average molecular weight is 600 g/mol. The largest absolute Gasteiger partial charge is 0.310 e. The number of rotatable bonds is 5. The van der Waals surface area contributed by atoms with Crippen LogP contribution in [0, 0.1) is 0 Å². The minimum atomic E-state index is 1.09. The van der Waals surface area contributed by atoms with Crippen molar-refractivity contribution in [3.63, 3.8) is 0 Å². The monoisotopic (exact) mass is 599 g/mol. The highest BCUT2D eigenvalue weighted by Crippen LogP contribution is 2.43. The summed E-state index contributed by atoms with van der Waals surface area (Å²) in [5, 5.41) is 7.54. The molecule has 0 aliphatic heterocycles. The lowest BCUT2D eigenvalue weighted by atomic mass is 9.89. The first-order chi connectivity index (χ1) is 23.3. The zero-order chi connectivity index (χ0) is 31.2. The first-order valence-corrected chi connectivity index (χ1v) is 16.5. The summed E-state index contributed by atoms with van der Waals surface area (Å²) in [5.41, 5.74) is 11.3. The van der Waals surface area contributed by atoms with Gasteiger partial charge in [0.05, 0.1) is 5.69 Å². The molecule has 0 N–H and O–H groups in total. The van der Waals surface area contributed by atoms with Gasteiger partial charge in [0.1, 0.15) is 0 Å². The fourth-order valence-electron chi connectivity index (χ4n) is 7.45. The Morgan fingerprint density at radius 3 is 1.77 bits per heavy atom. The molecule has 1 aliphatic rings. The van der Waals surface area contributed by atoms with Crippen molar-refractivity contribution >= 4 is 55.5 Å². The van der Waals surface area contributed by atoms with Crippen molar-refractivity contribution in [2.75, 3.05) is 4.90 Å². The van der Waals surface area contributed by atoms with Gasteiger partial charge in [-0.25, -0.2) is 0 Å². The van der Waals surface area contributed by atoms with E-state index >= 15 is 0 Å². The van der Waals surface area contributed by atoms with Crippen molar-refractivity contribution in [3.05, 3.63) is 181 Å². The van der Waals surface area contributed by atoms with E-state index in [1.807, 2.05) is 0 Å². The number of benzene rings is 8. The summed E-state index contributed by atoms with van der Waals surface area (Å²) in [7, 11) is 0. The van der Waals surface area contributed by atoms with E-state index < -0.39 is 0 Å². The molecule has 0 heterocycles. The van der Waals surface area contributed by atoms with Crippen molar-refractivity contribution in [2.24, 2.45) is 0 Å². The summed E-state index contributed by atoms with van der Waals surface area (Å²) in [5.74, 6) is 0. The minimum Gasteiger partial charge on any atom is -0.310 e. The number of fused-ring (bicyclic) bond motifs is 5. The fourth-order valence-corrected chi connectivity index (χ4v) is 7.45. The van der Waals surface area contributed by atoms with Gasteiger partial charge in [-0.3, -0.25) is 0 Å². The van der Waals surface area contributed by atoms with Crippen molar-refractivity contribution in [1.82, 2.24) is 0 Å². The Kier molecular flexibility index (Phi) is 6.68. The van der Waals surface area contributed by atoms with E-state index in [2.05, 4.69) is 181 Å². The standard InChI is InChI=1S/C46H33N/c1-4-16-39-32(11-1)14-9-21-41(39)34-23-27-37(28-24-34)47(46-31-36-13-3-6-18-43(36)44-19-7-8-20-45(44)46)38-29-25-35(26-30-38)42-22-10-15-33-12-2-5-17-40(33)42/h1-4,6-16,18-31H,5,17H2. The summed E-state index contributed by atoms with van der Waals surface area (Å²) in [6, 6.07) is 60.0. The maximum atomic E-state index is 2.43. The molecule has 8 aromatic rings. The van der Waals surface area contributed by atoms with Gasteiger partial charge in [0.2, 0.25) is 0 Å². The van der Waals surface area contributed by atoms with Gasteiger partial charge in [0.15, 0.2) is 0 Å². The Morgan fingerprint density at radius 1 is 0.426 bits per heavy atom. The molecule has 0 saturated carbocycles. The minimum absolute atomic E-state index is 1.09. The van der Waals surface area contributed by atoms with E-state index in [0.717, 1.165) is 24.2 Å². The molecule has 1 aliphatic carbocycles. The van der Waals surface area contributed by atoms with E-state index in [0.29, 0.717) is 0 Å². The molecule has 0 radical (unpaired) electrons. The summed E-state index contributed by atoms with van der Waals surface area (Å²) in [6.07, 6.45) is 6.74. The first-order valence-electron chi connectivity index (χ1n) is 16.5. The van der Waals surface area contributed by atoms with Crippen LogP contribution in [0.5, 0.6) is 0 Å². The lowest BCUT2D eigenvalue weighted by Crippen LogP contribution is -2.10. The van der Waals surface area contributed by atoms with Crippen LogP contribution in [0.3, 0.4) is 0 Å². The van der Waals surface area contributed by atoms with Gasteiger partial charge in [0, 0.05) is 16.8 Å². The molecule has 47 heavy (non-hydrogen) atoms. The highest BCUT2D eigenvalue weighted by Gasteiger charge is 2.19. The van der Waals surface area contributed by atoms with E-state index in [1.54, 1.807) is 0 Å². The van der Waals surface area contributed by atoms with Gasteiger partial charge >= 0.3 is 0 Å². The van der Waals surface area contributed by atoms with Crippen LogP contribution in [-0.4, -0.2) is 0 Å². The van der Waals surface area contributed by atoms with Crippen molar-refractivity contribution < 1.29 is 0 Å². The van der Waals surface area contributed by atoms with Crippen molar-refractivity contribution in [1.29, 1.82) is 0 Å². The number of allylic oxidation sites excluding steroid dienone is 1. The molecular weight excluding hydrogens is 567 g/mol. The third-order valence-electron chi connectivity index (χ3n) is 9.72. The first kappa shape index (κ1) is 27.4. The Bertz CT molecular complexity index is 2440. The third kappa shape index (κ3) is 4.80. The molecular formula is C46H33N. The molecule has 222 valence electrons. The molecule has 0 aromatic heterocycles. The molecule has 0 atom stereocenters. The Morgan fingerprint density at radius 2 is 1.00 bits per heavy atom. The van der Waals surface area contributed by atoms with Gasteiger partial charge < -0.3 is 4.90 Å². The molecule has 0 fully saturated rings. The maximum Gasteiger partial charge on any atom is 0.0546 e. The van der Waals surface area contributed by atoms with Crippen LogP contribution in [0.2, 0.25) is 0 Å². The van der Waals surface area contributed by atoms with Crippen LogP contribution >= 0.6 is 0 Å². The summed E-state index contributed by atoms with van der Waals surface area (Å²) in [4.78, 5) is 2.43. The van der Waals surface area contributed by atoms with Crippen molar-refractivity contribution in [2.45, 2.75) is 12.8 Å². The van der Waals surface area contributed by atoms with E-state index in [-0.39, 0.29) is 0 Å².